The summed E-state index contributed by atoms with van der Waals surface area (Å²) >= 11 is 0. The summed E-state index contributed by atoms with van der Waals surface area (Å²) in [6.07, 6.45) is 1.15. The zero-order valence-corrected chi connectivity index (χ0v) is 13.2. The van der Waals surface area contributed by atoms with Crippen LogP contribution in [0.5, 0.6) is 0 Å². The van der Waals surface area contributed by atoms with E-state index in [-0.39, 0.29) is 10.8 Å². The molecule has 0 radical (unpaired) electrons. The third-order valence-electron chi connectivity index (χ3n) is 3.55. The smallest absolute Gasteiger partial charge is 0.245 e. The van der Waals surface area contributed by atoms with E-state index in [2.05, 4.69) is 5.43 Å². The molecule has 0 spiro atoms. The maximum atomic E-state index is 12.2. The minimum atomic E-state index is -3.27. The summed E-state index contributed by atoms with van der Waals surface area (Å²) in [6.45, 7) is 1.91. The second kappa shape index (κ2) is 6.29. The van der Waals surface area contributed by atoms with Crippen molar-refractivity contribution in [2.75, 3.05) is 6.26 Å². The highest BCUT2D eigenvalue weighted by molar-refractivity contribution is 7.90. The molecule has 1 atom stereocenters. The predicted octanol–water partition coefficient (Wildman–Crippen LogP) is 1.52. The van der Waals surface area contributed by atoms with Crippen molar-refractivity contribution < 1.29 is 13.2 Å². The Bertz CT molecular complexity index is 783. The van der Waals surface area contributed by atoms with Gasteiger partial charge in [0.15, 0.2) is 9.84 Å². The fourth-order valence-corrected chi connectivity index (χ4v) is 3.00. The van der Waals surface area contributed by atoms with E-state index >= 15 is 0 Å². The first-order valence-electron chi connectivity index (χ1n) is 6.70. The summed E-state index contributed by atoms with van der Waals surface area (Å²) in [5.74, 6) is 4.37. The molecular formula is C16H18N2O3S. The molecule has 0 bridgehead atoms. The van der Waals surface area contributed by atoms with Crippen LogP contribution in [0.3, 0.4) is 0 Å². The Morgan fingerprint density at radius 1 is 1.09 bits per heavy atom. The number of carbonyl (C=O) groups excluding carboxylic acids is 1. The highest BCUT2D eigenvalue weighted by Gasteiger charge is 2.23. The van der Waals surface area contributed by atoms with E-state index in [4.69, 9.17) is 5.84 Å². The lowest BCUT2D eigenvalue weighted by atomic mass is 9.88. The first kappa shape index (κ1) is 16.2. The number of amides is 1. The molecule has 0 aromatic heterocycles. The molecule has 2 rings (SSSR count). The molecule has 0 aliphatic carbocycles. The highest BCUT2D eigenvalue weighted by atomic mass is 32.2. The molecule has 0 saturated heterocycles. The van der Waals surface area contributed by atoms with E-state index < -0.39 is 15.8 Å². The van der Waals surface area contributed by atoms with Gasteiger partial charge in [-0.25, -0.2) is 14.3 Å². The first-order valence-corrected chi connectivity index (χ1v) is 8.59. The molecule has 0 heterocycles. The van der Waals surface area contributed by atoms with E-state index in [1.54, 1.807) is 12.1 Å². The van der Waals surface area contributed by atoms with Crippen molar-refractivity contribution in [1.29, 1.82) is 0 Å². The van der Waals surface area contributed by atoms with Gasteiger partial charge in [-0.05, 0) is 35.7 Å². The van der Waals surface area contributed by atoms with Crippen molar-refractivity contribution >= 4 is 15.7 Å². The second-order valence-electron chi connectivity index (χ2n) is 5.14. The number of nitrogens with two attached hydrogens (primary N) is 1. The Hall–Kier alpha value is -2.18. The Labute approximate surface area is 130 Å². The minimum Gasteiger partial charge on any atom is -0.293 e. The van der Waals surface area contributed by atoms with E-state index in [1.807, 2.05) is 31.2 Å². The maximum Gasteiger partial charge on any atom is 0.245 e. The van der Waals surface area contributed by atoms with Gasteiger partial charge < -0.3 is 0 Å². The lowest BCUT2D eigenvalue weighted by Crippen LogP contribution is -2.35. The van der Waals surface area contributed by atoms with Crippen molar-refractivity contribution in [3.05, 3.63) is 65.2 Å². The van der Waals surface area contributed by atoms with Crippen molar-refractivity contribution in [3.8, 4) is 0 Å². The monoisotopic (exact) mass is 318 g/mol. The van der Waals surface area contributed by atoms with E-state index in [0.717, 1.165) is 17.4 Å². The normalized spacial score (nSPS) is 12.7. The summed E-state index contributed by atoms with van der Waals surface area (Å²) < 4.78 is 23.1. The average Bonchev–Trinajstić information content (AvgIpc) is 2.49. The van der Waals surface area contributed by atoms with Crippen LogP contribution in [0.2, 0.25) is 0 Å². The number of sulfone groups is 1. The molecule has 22 heavy (non-hydrogen) atoms. The molecule has 1 unspecified atom stereocenters. The van der Waals surface area contributed by atoms with Gasteiger partial charge in [-0.2, -0.15) is 0 Å². The zero-order valence-electron chi connectivity index (χ0n) is 12.4. The van der Waals surface area contributed by atoms with Crippen molar-refractivity contribution in [3.63, 3.8) is 0 Å². The van der Waals surface area contributed by atoms with Crippen LogP contribution in [0.25, 0.3) is 0 Å². The van der Waals surface area contributed by atoms with Gasteiger partial charge in [-0.15, -0.1) is 0 Å². The maximum absolute atomic E-state index is 12.2. The van der Waals surface area contributed by atoms with E-state index in [0.29, 0.717) is 5.56 Å². The Balaban J connectivity index is 2.52. The van der Waals surface area contributed by atoms with Gasteiger partial charge in [0.1, 0.15) is 0 Å². The van der Waals surface area contributed by atoms with Crippen LogP contribution < -0.4 is 11.3 Å². The van der Waals surface area contributed by atoms with Gasteiger partial charge in [-0.3, -0.25) is 10.2 Å². The number of rotatable bonds is 4. The van der Waals surface area contributed by atoms with Crippen LogP contribution in [-0.2, 0) is 14.6 Å². The number of hydrogen-bond acceptors (Lipinski definition) is 4. The summed E-state index contributed by atoms with van der Waals surface area (Å²) in [4.78, 5) is 12.4. The molecule has 0 aliphatic heterocycles. The fraction of sp³-hybridized carbons (Fsp3) is 0.188. The average molecular weight is 318 g/mol. The topological polar surface area (TPSA) is 89.3 Å². The van der Waals surface area contributed by atoms with Crippen molar-refractivity contribution in [2.24, 2.45) is 5.84 Å². The Morgan fingerprint density at radius 3 is 2.18 bits per heavy atom. The molecule has 2 aromatic rings. The second-order valence-corrected chi connectivity index (χ2v) is 7.16. The quantitative estimate of drug-likeness (QED) is 0.508. The molecular weight excluding hydrogens is 300 g/mol. The number of carbonyl (C=O) groups is 1. The molecule has 6 heteroatoms. The standard InChI is InChI=1S/C16H18N2O3S/c1-11-5-3-4-6-14(11)15(16(19)18-17)12-7-9-13(10-8-12)22(2,20)21/h3-10,15H,17H2,1-2H3,(H,18,19). The first-order chi connectivity index (χ1) is 10.3. The highest BCUT2D eigenvalue weighted by Crippen LogP contribution is 2.28. The van der Waals surface area contributed by atoms with Crippen LogP contribution in [0.15, 0.2) is 53.4 Å². The predicted molar refractivity (Wildman–Crippen MR) is 84.9 cm³/mol. The van der Waals surface area contributed by atoms with E-state index in [1.165, 1.54) is 12.1 Å². The Morgan fingerprint density at radius 2 is 1.68 bits per heavy atom. The number of nitrogens with one attached hydrogen (secondary N) is 1. The SMILES string of the molecule is Cc1ccccc1C(C(=O)NN)c1ccc(S(C)(=O)=O)cc1. The summed E-state index contributed by atoms with van der Waals surface area (Å²) in [7, 11) is -3.27. The number of benzene rings is 2. The lowest BCUT2D eigenvalue weighted by Gasteiger charge is -2.18. The van der Waals surface area contributed by atoms with Gasteiger partial charge in [0.2, 0.25) is 5.91 Å². The van der Waals surface area contributed by atoms with Gasteiger partial charge >= 0.3 is 0 Å². The van der Waals surface area contributed by atoms with Gasteiger partial charge in [0.05, 0.1) is 10.8 Å². The number of hydrazine groups is 1. The number of aryl methyl sites for hydroxylation is 1. The number of hydrogen-bond donors (Lipinski definition) is 2. The summed E-state index contributed by atoms with van der Waals surface area (Å²) in [5, 5.41) is 0. The van der Waals surface area contributed by atoms with Crippen molar-refractivity contribution in [1.82, 2.24) is 5.43 Å². The lowest BCUT2D eigenvalue weighted by molar-refractivity contribution is -0.121. The van der Waals surface area contributed by atoms with Crippen LogP contribution in [0.1, 0.15) is 22.6 Å². The molecule has 3 N–H and O–H groups in total. The third kappa shape index (κ3) is 3.35. The largest absolute Gasteiger partial charge is 0.293 e. The third-order valence-corrected chi connectivity index (χ3v) is 4.67. The molecule has 0 fully saturated rings. The Kier molecular flexibility index (Phi) is 4.63. The molecule has 5 nitrogen and oxygen atoms in total. The molecule has 0 aliphatic rings. The van der Waals surface area contributed by atoms with Gasteiger partial charge in [-0.1, -0.05) is 36.4 Å². The van der Waals surface area contributed by atoms with Crippen LogP contribution >= 0.6 is 0 Å². The molecule has 116 valence electrons. The zero-order chi connectivity index (χ0) is 16.3. The molecule has 0 saturated carbocycles. The fourth-order valence-electron chi connectivity index (χ4n) is 2.37. The summed E-state index contributed by atoms with van der Waals surface area (Å²) in [5.41, 5.74) is 4.65. The van der Waals surface area contributed by atoms with Crippen LogP contribution in [-0.4, -0.2) is 20.6 Å². The molecule has 2 aromatic carbocycles. The molecule has 1 amide bonds. The minimum absolute atomic E-state index is 0.216. The van der Waals surface area contributed by atoms with Gasteiger partial charge in [0, 0.05) is 6.26 Å². The van der Waals surface area contributed by atoms with Crippen molar-refractivity contribution in [2.45, 2.75) is 17.7 Å². The van der Waals surface area contributed by atoms with E-state index in [9.17, 15) is 13.2 Å². The van der Waals surface area contributed by atoms with Crippen LogP contribution in [0, 0.1) is 6.92 Å². The van der Waals surface area contributed by atoms with Crippen LogP contribution in [0.4, 0.5) is 0 Å². The summed E-state index contributed by atoms with van der Waals surface area (Å²) in [6, 6.07) is 13.8. The van der Waals surface area contributed by atoms with Gasteiger partial charge in [0.25, 0.3) is 0 Å².